The molecule has 3 nitrogen and oxygen atoms in total. The molecule has 0 radical (unpaired) electrons. The molecule has 0 saturated heterocycles. The van der Waals surface area contributed by atoms with Gasteiger partial charge in [-0.25, -0.2) is 4.98 Å². The fourth-order valence-corrected chi connectivity index (χ4v) is 4.49. The van der Waals surface area contributed by atoms with Crippen molar-refractivity contribution in [1.82, 2.24) is 4.98 Å². The van der Waals surface area contributed by atoms with E-state index in [1.165, 1.54) is 22.5 Å². The second-order valence-corrected chi connectivity index (χ2v) is 7.77. The number of carbonyl (C=O) groups excluding carboxylic acids is 1. The lowest BCUT2D eigenvalue weighted by atomic mass is 10.0. The Morgan fingerprint density at radius 3 is 2.78 bits per heavy atom. The van der Waals surface area contributed by atoms with Gasteiger partial charge < -0.3 is 5.32 Å². The molecule has 1 aliphatic rings. The van der Waals surface area contributed by atoms with Crippen LogP contribution >= 0.6 is 11.3 Å². The Kier molecular flexibility index (Phi) is 3.98. The Hall–Kier alpha value is -2.98. The number of thiophene rings is 1. The van der Waals surface area contributed by atoms with Crippen molar-refractivity contribution < 1.29 is 4.79 Å². The van der Waals surface area contributed by atoms with Crippen molar-refractivity contribution in [3.8, 4) is 0 Å². The van der Waals surface area contributed by atoms with E-state index >= 15 is 0 Å². The van der Waals surface area contributed by atoms with Crippen molar-refractivity contribution in [3.63, 3.8) is 0 Å². The summed E-state index contributed by atoms with van der Waals surface area (Å²) in [6.07, 6.45) is 2.07. The molecule has 0 saturated carbocycles. The molecule has 2 aromatic heterocycles. The number of fused-ring (bicyclic) bond motifs is 2. The van der Waals surface area contributed by atoms with E-state index in [0.717, 1.165) is 28.6 Å². The molecule has 132 valence electrons. The average Bonchev–Trinajstić information content (AvgIpc) is 3.38. The second kappa shape index (κ2) is 6.63. The van der Waals surface area contributed by atoms with Gasteiger partial charge in [-0.2, -0.15) is 0 Å². The Morgan fingerprint density at radius 2 is 1.89 bits per heavy atom. The summed E-state index contributed by atoms with van der Waals surface area (Å²) in [7, 11) is 0. The van der Waals surface area contributed by atoms with Gasteiger partial charge in [-0.15, -0.1) is 11.3 Å². The Balaban J connectivity index is 1.60. The first-order valence-electron chi connectivity index (χ1n) is 9.12. The first kappa shape index (κ1) is 16.2. The molecule has 0 unspecified atom stereocenters. The number of nitrogens with zero attached hydrogens (tertiary/aromatic N) is 1. The maximum Gasteiger partial charge on any atom is 0.206 e. The zero-order chi connectivity index (χ0) is 18.2. The maximum absolute atomic E-state index is 13.1. The minimum atomic E-state index is 0.0250. The van der Waals surface area contributed by atoms with E-state index in [9.17, 15) is 4.79 Å². The van der Waals surface area contributed by atoms with Crippen LogP contribution in [0.25, 0.3) is 10.9 Å². The summed E-state index contributed by atoms with van der Waals surface area (Å²) in [5, 5.41) is 6.49. The number of aromatic nitrogens is 1. The van der Waals surface area contributed by atoms with Crippen LogP contribution in [-0.4, -0.2) is 10.8 Å². The zero-order valence-electron chi connectivity index (χ0n) is 14.7. The molecule has 4 heteroatoms. The minimum absolute atomic E-state index is 0.0250. The molecule has 4 aromatic rings. The normalized spacial score (nSPS) is 15.6. The van der Waals surface area contributed by atoms with Gasteiger partial charge in [-0.05, 0) is 47.5 Å². The number of nitrogens with one attached hydrogen (secondary N) is 1. The van der Waals surface area contributed by atoms with Crippen molar-refractivity contribution in [3.05, 3.63) is 93.7 Å². The van der Waals surface area contributed by atoms with Crippen molar-refractivity contribution in [2.45, 2.75) is 18.9 Å². The highest BCUT2D eigenvalue weighted by atomic mass is 32.1. The van der Waals surface area contributed by atoms with E-state index in [2.05, 4.69) is 29.6 Å². The van der Waals surface area contributed by atoms with Crippen LogP contribution in [-0.2, 0) is 6.42 Å². The number of anilines is 1. The number of ketones is 1. The van der Waals surface area contributed by atoms with Crippen molar-refractivity contribution in [2.24, 2.45) is 0 Å². The predicted octanol–water partition coefficient (Wildman–Crippen LogP) is 5.63. The van der Waals surface area contributed by atoms with E-state index < -0.39 is 0 Å². The third-order valence-electron chi connectivity index (χ3n) is 5.16. The summed E-state index contributed by atoms with van der Waals surface area (Å²) in [4.78, 5) is 18.7. The number of hydrogen-bond acceptors (Lipinski definition) is 4. The van der Waals surface area contributed by atoms with Crippen LogP contribution in [0.2, 0.25) is 0 Å². The molecule has 1 aliphatic carbocycles. The molecular weight excluding hydrogens is 352 g/mol. The smallest absolute Gasteiger partial charge is 0.206 e. The molecule has 0 amide bonds. The molecule has 1 atom stereocenters. The molecule has 5 rings (SSSR count). The van der Waals surface area contributed by atoms with Gasteiger partial charge in [-0.3, -0.25) is 4.79 Å². The molecule has 0 aliphatic heterocycles. The Morgan fingerprint density at radius 1 is 1.04 bits per heavy atom. The van der Waals surface area contributed by atoms with Gasteiger partial charge in [0.1, 0.15) is 5.82 Å². The van der Waals surface area contributed by atoms with Gasteiger partial charge in [0, 0.05) is 5.39 Å². The quantitative estimate of drug-likeness (QED) is 0.474. The summed E-state index contributed by atoms with van der Waals surface area (Å²) in [5.74, 6) is 0.700. The summed E-state index contributed by atoms with van der Waals surface area (Å²) >= 11 is 1.47. The summed E-state index contributed by atoms with van der Waals surface area (Å²) in [6.45, 7) is 0. The van der Waals surface area contributed by atoms with Crippen LogP contribution in [0.5, 0.6) is 0 Å². The highest BCUT2D eigenvalue weighted by molar-refractivity contribution is 7.12. The topological polar surface area (TPSA) is 42.0 Å². The first-order chi connectivity index (χ1) is 13.3. The number of carbonyl (C=O) groups is 1. The van der Waals surface area contributed by atoms with Crippen LogP contribution < -0.4 is 5.32 Å². The lowest BCUT2D eigenvalue weighted by Gasteiger charge is -2.18. The van der Waals surface area contributed by atoms with Crippen LogP contribution in [0.4, 0.5) is 5.82 Å². The molecule has 0 spiro atoms. The van der Waals surface area contributed by atoms with Crippen molar-refractivity contribution in [1.29, 1.82) is 0 Å². The van der Waals surface area contributed by atoms with Gasteiger partial charge in [0.2, 0.25) is 5.78 Å². The van der Waals surface area contributed by atoms with Gasteiger partial charge in [0.15, 0.2) is 0 Å². The number of pyridine rings is 1. The highest BCUT2D eigenvalue weighted by Crippen LogP contribution is 2.35. The zero-order valence-corrected chi connectivity index (χ0v) is 15.5. The number of hydrogen-bond donors (Lipinski definition) is 1. The summed E-state index contributed by atoms with van der Waals surface area (Å²) in [5.41, 5.74) is 4.22. The van der Waals surface area contributed by atoms with Crippen molar-refractivity contribution >= 4 is 33.8 Å². The standard InChI is InChI=1S/C23H18N2OS/c26-22(21-10-5-13-27-21)18-14-16-7-2-4-9-19(16)24-23(18)25-20-12-11-15-6-1-3-8-17(15)20/h1-10,13-14,20H,11-12H2,(H,24,25)/t20-/m1/s1. The fourth-order valence-electron chi connectivity index (χ4n) is 3.81. The predicted molar refractivity (Wildman–Crippen MR) is 111 cm³/mol. The molecule has 27 heavy (non-hydrogen) atoms. The van der Waals surface area contributed by atoms with Crippen molar-refractivity contribution in [2.75, 3.05) is 5.32 Å². The fraction of sp³-hybridized carbons (Fsp3) is 0.130. The molecular formula is C23H18N2OS. The number of rotatable bonds is 4. The molecule has 0 fully saturated rings. The Labute approximate surface area is 161 Å². The molecule has 1 N–H and O–H groups in total. The van der Waals surface area contributed by atoms with Crippen LogP contribution in [0.15, 0.2) is 72.1 Å². The SMILES string of the molecule is O=C(c1cccs1)c1cc2ccccc2nc1N[C@@H]1CCc2ccccc21. The summed E-state index contributed by atoms with van der Waals surface area (Å²) in [6, 6.07) is 22.4. The van der Waals surface area contributed by atoms with E-state index in [4.69, 9.17) is 4.98 Å². The van der Waals surface area contributed by atoms with Crippen LogP contribution in [0.1, 0.15) is 38.8 Å². The van der Waals surface area contributed by atoms with Gasteiger partial charge in [0.25, 0.3) is 0 Å². The number of benzene rings is 2. The van der Waals surface area contributed by atoms with E-state index in [1.54, 1.807) is 0 Å². The monoisotopic (exact) mass is 370 g/mol. The van der Waals surface area contributed by atoms with Crippen LogP contribution in [0, 0.1) is 0 Å². The number of para-hydroxylation sites is 1. The van der Waals surface area contributed by atoms with E-state index in [1.807, 2.05) is 47.8 Å². The van der Waals surface area contributed by atoms with Gasteiger partial charge in [0.05, 0.1) is 22.0 Å². The highest BCUT2D eigenvalue weighted by Gasteiger charge is 2.25. The average molecular weight is 370 g/mol. The molecule has 2 heterocycles. The van der Waals surface area contributed by atoms with Crippen LogP contribution in [0.3, 0.4) is 0 Å². The maximum atomic E-state index is 13.1. The van der Waals surface area contributed by atoms with E-state index in [0.29, 0.717) is 11.4 Å². The number of aryl methyl sites for hydroxylation is 1. The first-order valence-corrected chi connectivity index (χ1v) is 10.00. The molecule has 0 bridgehead atoms. The lowest BCUT2D eigenvalue weighted by Crippen LogP contribution is -2.13. The lowest BCUT2D eigenvalue weighted by molar-refractivity contribution is 0.104. The second-order valence-electron chi connectivity index (χ2n) is 6.82. The summed E-state index contributed by atoms with van der Waals surface area (Å²) < 4.78 is 0. The van der Waals surface area contributed by atoms with E-state index in [-0.39, 0.29) is 11.8 Å². The third kappa shape index (κ3) is 2.92. The Bertz CT molecular complexity index is 1130. The van der Waals surface area contributed by atoms with Gasteiger partial charge in [-0.1, -0.05) is 48.5 Å². The van der Waals surface area contributed by atoms with Gasteiger partial charge >= 0.3 is 0 Å². The largest absolute Gasteiger partial charge is 0.363 e. The third-order valence-corrected chi connectivity index (χ3v) is 6.03. The molecule has 2 aromatic carbocycles. The minimum Gasteiger partial charge on any atom is -0.363 e.